The van der Waals surface area contributed by atoms with E-state index in [2.05, 4.69) is 5.32 Å². The quantitative estimate of drug-likeness (QED) is 0.370. The third-order valence-electron chi connectivity index (χ3n) is 4.87. The summed E-state index contributed by atoms with van der Waals surface area (Å²) >= 11 is 0. The Morgan fingerprint density at radius 3 is 2.16 bits per heavy atom. The van der Waals surface area contributed by atoms with Crippen molar-refractivity contribution in [3.05, 3.63) is 89.5 Å². The van der Waals surface area contributed by atoms with Crippen LogP contribution in [0.15, 0.2) is 72.8 Å². The second kappa shape index (κ2) is 10.9. The lowest BCUT2D eigenvalue weighted by atomic mass is 10.1. The third-order valence-corrected chi connectivity index (χ3v) is 4.87. The van der Waals surface area contributed by atoms with Gasteiger partial charge < -0.3 is 14.8 Å². The minimum atomic E-state index is -0.596. The first-order valence-electron chi connectivity index (χ1n) is 10.3. The number of ether oxygens (including phenoxy) is 2. The Kier molecular flexibility index (Phi) is 7.75. The van der Waals surface area contributed by atoms with Crippen LogP contribution in [0, 0.1) is 13.8 Å². The number of carbonyl (C=O) groups excluding carboxylic acids is 3. The van der Waals surface area contributed by atoms with Crippen LogP contribution in [-0.2, 0) is 14.3 Å². The number of carbonyl (C=O) groups is 3. The van der Waals surface area contributed by atoms with E-state index in [1.165, 1.54) is 5.56 Å². The molecule has 0 bridgehead atoms. The Balaban J connectivity index is 1.41. The highest BCUT2D eigenvalue weighted by Crippen LogP contribution is 2.25. The number of esters is 1. The van der Waals surface area contributed by atoms with Gasteiger partial charge in [-0.1, -0.05) is 36.4 Å². The molecule has 32 heavy (non-hydrogen) atoms. The number of aryl methyl sites for hydroxylation is 2. The first-order valence-corrected chi connectivity index (χ1v) is 10.3. The summed E-state index contributed by atoms with van der Waals surface area (Å²) in [6.45, 7) is 3.73. The summed E-state index contributed by atoms with van der Waals surface area (Å²) in [5.41, 5.74) is 3.41. The number of anilines is 1. The van der Waals surface area contributed by atoms with E-state index in [9.17, 15) is 14.4 Å². The fourth-order valence-electron chi connectivity index (χ4n) is 2.88. The van der Waals surface area contributed by atoms with Crippen molar-refractivity contribution in [1.82, 2.24) is 0 Å². The Bertz CT molecular complexity index is 1090. The lowest BCUT2D eigenvalue weighted by Gasteiger charge is -2.09. The fourth-order valence-corrected chi connectivity index (χ4v) is 2.88. The largest absolute Gasteiger partial charge is 0.457 e. The predicted octanol–water partition coefficient (Wildman–Crippen LogP) is 5.24. The normalized spacial score (nSPS) is 10.3. The Labute approximate surface area is 187 Å². The van der Waals surface area contributed by atoms with Crippen molar-refractivity contribution in [1.29, 1.82) is 0 Å². The van der Waals surface area contributed by atoms with E-state index >= 15 is 0 Å². The summed E-state index contributed by atoms with van der Waals surface area (Å²) in [6.07, 6.45) is -0.152. The number of nitrogens with one attached hydrogen (secondary N) is 1. The number of hydrogen-bond acceptors (Lipinski definition) is 5. The molecular formula is C26H25NO5. The van der Waals surface area contributed by atoms with Gasteiger partial charge in [0.05, 0.1) is 6.42 Å². The molecule has 0 heterocycles. The molecule has 1 amide bonds. The van der Waals surface area contributed by atoms with Crippen molar-refractivity contribution in [3.8, 4) is 11.5 Å². The molecule has 0 aliphatic heterocycles. The van der Waals surface area contributed by atoms with E-state index < -0.39 is 5.97 Å². The Hall–Kier alpha value is -3.93. The van der Waals surface area contributed by atoms with Gasteiger partial charge in [0, 0.05) is 17.7 Å². The standard InChI is InChI=1S/C26H25NO5/c1-18-8-11-23(16-19(18)2)32-22-12-9-21(10-13-22)27-25(29)14-15-26(30)31-17-24(28)20-6-4-3-5-7-20/h3-13,16H,14-15,17H2,1-2H3,(H,27,29). The van der Waals surface area contributed by atoms with Gasteiger partial charge in [-0.2, -0.15) is 0 Å². The molecular weight excluding hydrogens is 406 g/mol. The van der Waals surface area contributed by atoms with E-state index in [0.29, 0.717) is 17.0 Å². The van der Waals surface area contributed by atoms with Crippen LogP contribution in [0.4, 0.5) is 5.69 Å². The SMILES string of the molecule is Cc1ccc(Oc2ccc(NC(=O)CCC(=O)OCC(=O)c3ccccc3)cc2)cc1C. The van der Waals surface area contributed by atoms with Crippen LogP contribution in [0.5, 0.6) is 11.5 Å². The molecule has 0 aromatic heterocycles. The van der Waals surface area contributed by atoms with Crippen molar-refractivity contribution in [2.45, 2.75) is 26.7 Å². The highest BCUT2D eigenvalue weighted by atomic mass is 16.5. The van der Waals surface area contributed by atoms with Crippen LogP contribution in [-0.4, -0.2) is 24.3 Å². The number of benzene rings is 3. The highest BCUT2D eigenvalue weighted by Gasteiger charge is 2.12. The van der Waals surface area contributed by atoms with E-state index in [-0.39, 0.29) is 31.1 Å². The van der Waals surface area contributed by atoms with E-state index in [0.717, 1.165) is 11.3 Å². The Morgan fingerprint density at radius 2 is 1.47 bits per heavy atom. The first kappa shape index (κ1) is 22.7. The molecule has 3 rings (SSSR count). The maximum Gasteiger partial charge on any atom is 0.306 e. The van der Waals surface area contributed by atoms with Gasteiger partial charge in [-0.25, -0.2) is 0 Å². The van der Waals surface area contributed by atoms with Gasteiger partial charge in [-0.15, -0.1) is 0 Å². The molecule has 6 nitrogen and oxygen atoms in total. The van der Waals surface area contributed by atoms with Crippen LogP contribution in [0.3, 0.4) is 0 Å². The smallest absolute Gasteiger partial charge is 0.306 e. The van der Waals surface area contributed by atoms with Crippen molar-refractivity contribution in [2.75, 3.05) is 11.9 Å². The van der Waals surface area contributed by atoms with Gasteiger partial charge >= 0.3 is 5.97 Å². The molecule has 0 aliphatic carbocycles. The summed E-state index contributed by atoms with van der Waals surface area (Å²) in [5.74, 6) is 0.194. The molecule has 0 saturated carbocycles. The number of rotatable bonds is 9. The maximum absolute atomic E-state index is 12.1. The van der Waals surface area contributed by atoms with Crippen molar-refractivity contribution < 1.29 is 23.9 Å². The molecule has 6 heteroatoms. The average Bonchev–Trinajstić information content (AvgIpc) is 2.80. The third kappa shape index (κ3) is 6.80. The zero-order valence-corrected chi connectivity index (χ0v) is 18.1. The topological polar surface area (TPSA) is 81.7 Å². The first-order chi connectivity index (χ1) is 15.4. The highest BCUT2D eigenvalue weighted by molar-refractivity contribution is 5.98. The second-order valence-corrected chi connectivity index (χ2v) is 7.37. The summed E-state index contributed by atoms with van der Waals surface area (Å²) in [6, 6.07) is 21.4. The van der Waals surface area contributed by atoms with Crippen molar-refractivity contribution in [2.24, 2.45) is 0 Å². The summed E-state index contributed by atoms with van der Waals surface area (Å²) < 4.78 is 10.8. The van der Waals surface area contributed by atoms with Crippen LogP contribution in [0.2, 0.25) is 0 Å². The molecule has 164 valence electrons. The van der Waals surface area contributed by atoms with Gasteiger partial charge in [-0.05, 0) is 61.4 Å². The summed E-state index contributed by atoms with van der Waals surface area (Å²) in [4.78, 5) is 35.9. The molecule has 0 aliphatic rings. The van der Waals surface area contributed by atoms with Crippen LogP contribution < -0.4 is 10.1 Å². The lowest BCUT2D eigenvalue weighted by Crippen LogP contribution is -2.17. The zero-order valence-electron chi connectivity index (χ0n) is 18.1. The van der Waals surface area contributed by atoms with Crippen LogP contribution in [0.1, 0.15) is 34.3 Å². The Morgan fingerprint density at radius 1 is 0.781 bits per heavy atom. The van der Waals surface area contributed by atoms with Crippen molar-refractivity contribution >= 4 is 23.3 Å². The maximum atomic E-state index is 12.1. The minimum absolute atomic E-state index is 0.0424. The fraction of sp³-hybridized carbons (Fsp3) is 0.192. The van der Waals surface area contributed by atoms with Crippen molar-refractivity contribution in [3.63, 3.8) is 0 Å². The number of ketones is 1. The molecule has 0 saturated heterocycles. The monoisotopic (exact) mass is 431 g/mol. The molecule has 0 atom stereocenters. The number of hydrogen-bond donors (Lipinski definition) is 1. The second-order valence-electron chi connectivity index (χ2n) is 7.37. The number of Topliss-reactive ketones (excluding diaryl/α,β-unsaturated/α-hetero) is 1. The summed E-state index contributed by atoms with van der Waals surface area (Å²) in [5, 5.41) is 2.73. The molecule has 0 fully saturated rings. The van der Waals surface area contributed by atoms with Gasteiger partial charge in [0.25, 0.3) is 0 Å². The number of amides is 1. The molecule has 0 spiro atoms. The van der Waals surface area contributed by atoms with Gasteiger partial charge in [0.2, 0.25) is 5.91 Å². The molecule has 0 radical (unpaired) electrons. The van der Waals surface area contributed by atoms with Gasteiger partial charge in [-0.3, -0.25) is 14.4 Å². The molecule has 3 aromatic rings. The van der Waals surface area contributed by atoms with E-state index in [1.807, 2.05) is 32.0 Å². The lowest BCUT2D eigenvalue weighted by molar-refractivity contribution is -0.143. The predicted molar refractivity (Wildman–Crippen MR) is 122 cm³/mol. The molecule has 1 N–H and O–H groups in total. The van der Waals surface area contributed by atoms with Crippen LogP contribution >= 0.6 is 0 Å². The van der Waals surface area contributed by atoms with Crippen LogP contribution in [0.25, 0.3) is 0 Å². The summed E-state index contributed by atoms with van der Waals surface area (Å²) in [7, 11) is 0. The van der Waals surface area contributed by atoms with Gasteiger partial charge in [0.1, 0.15) is 11.5 Å². The van der Waals surface area contributed by atoms with E-state index in [1.54, 1.807) is 54.6 Å². The average molecular weight is 431 g/mol. The molecule has 0 unspecified atom stereocenters. The van der Waals surface area contributed by atoms with E-state index in [4.69, 9.17) is 9.47 Å². The van der Waals surface area contributed by atoms with Gasteiger partial charge in [0.15, 0.2) is 12.4 Å². The minimum Gasteiger partial charge on any atom is -0.457 e. The molecule has 3 aromatic carbocycles. The zero-order chi connectivity index (χ0) is 22.9.